The number of ether oxygens (including phenoxy) is 2. The van der Waals surface area contributed by atoms with E-state index in [9.17, 15) is 14.7 Å². The maximum atomic E-state index is 13.1. The Morgan fingerprint density at radius 2 is 1.84 bits per heavy atom. The molecule has 32 heavy (non-hydrogen) atoms. The summed E-state index contributed by atoms with van der Waals surface area (Å²) in [5.74, 6) is 0.146. The molecule has 0 aromatic heterocycles. The highest BCUT2D eigenvalue weighted by atomic mass is 35.5. The SMILES string of the molecule is O=C(C[C@@H]1CC[C@@H]2[C@H](COC[C@@H](O)CN2C(=O)Nc2ccc(Cl)cc2)O1)N1CCCCC1. The predicted octanol–water partition coefficient (Wildman–Crippen LogP) is 2.88. The minimum Gasteiger partial charge on any atom is -0.389 e. The van der Waals surface area contributed by atoms with Gasteiger partial charge in [0.25, 0.3) is 0 Å². The first-order valence-corrected chi connectivity index (χ1v) is 11.9. The van der Waals surface area contributed by atoms with Crippen LogP contribution in [-0.4, -0.2) is 84.0 Å². The number of nitrogens with zero attached hydrogens (tertiary/aromatic N) is 2. The van der Waals surface area contributed by atoms with E-state index in [1.165, 1.54) is 6.42 Å². The molecule has 0 saturated carbocycles. The average Bonchev–Trinajstić information content (AvgIpc) is 2.79. The second-order valence-corrected chi connectivity index (χ2v) is 9.30. The van der Waals surface area contributed by atoms with Crippen molar-refractivity contribution >= 4 is 29.2 Å². The van der Waals surface area contributed by atoms with E-state index in [-0.39, 0.29) is 49.9 Å². The normalized spacial score (nSPS) is 28.9. The Labute approximate surface area is 193 Å². The third-order valence-corrected chi connectivity index (χ3v) is 6.70. The highest BCUT2D eigenvalue weighted by Gasteiger charge is 2.40. The van der Waals surface area contributed by atoms with Crippen LogP contribution in [-0.2, 0) is 14.3 Å². The largest absolute Gasteiger partial charge is 0.389 e. The number of urea groups is 1. The Morgan fingerprint density at radius 1 is 1.09 bits per heavy atom. The summed E-state index contributed by atoms with van der Waals surface area (Å²) in [5.41, 5.74) is 0.630. The number of halogens is 1. The fourth-order valence-electron chi connectivity index (χ4n) is 4.77. The number of anilines is 1. The Morgan fingerprint density at radius 3 is 2.59 bits per heavy atom. The molecule has 1 aromatic rings. The first-order valence-electron chi connectivity index (χ1n) is 11.5. The molecule has 3 heterocycles. The molecular weight excluding hydrogens is 434 g/mol. The summed E-state index contributed by atoms with van der Waals surface area (Å²) in [5, 5.41) is 13.8. The first-order chi connectivity index (χ1) is 15.5. The summed E-state index contributed by atoms with van der Waals surface area (Å²) >= 11 is 5.93. The van der Waals surface area contributed by atoms with Gasteiger partial charge in [-0.25, -0.2) is 4.79 Å². The van der Waals surface area contributed by atoms with Gasteiger partial charge in [0.2, 0.25) is 5.91 Å². The van der Waals surface area contributed by atoms with Gasteiger partial charge < -0.3 is 29.7 Å². The van der Waals surface area contributed by atoms with Gasteiger partial charge in [-0.1, -0.05) is 11.6 Å². The van der Waals surface area contributed by atoms with Crippen LogP contribution in [0.5, 0.6) is 0 Å². The third kappa shape index (κ3) is 5.92. The van der Waals surface area contributed by atoms with Gasteiger partial charge in [-0.15, -0.1) is 0 Å². The lowest BCUT2D eigenvalue weighted by atomic mass is 9.94. The predicted molar refractivity (Wildman–Crippen MR) is 121 cm³/mol. The highest BCUT2D eigenvalue weighted by molar-refractivity contribution is 6.30. The van der Waals surface area contributed by atoms with Gasteiger partial charge in [0.05, 0.1) is 44.4 Å². The van der Waals surface area contributed by atoms with Crippen LogP contribution in [0.2, 0.25) is 5.02 Å². The lowest BCUT2D eigenvalue weighted by molar-refractivity contribution is -0.154. The Kier molecular flexibility index (Phi) is 7.88. The van der Waals surface area contributed by atoms with Crippen molar-refractivity contribution in [3.05, 3.63) is 29.3 Å². The van der Waals surface area contributed by atoms with Gasteiger partial charge in [0.15, 0.2) is 0 Å². The number of carbonyl (C=O) groups is 2. The van der Waals surface area contributed by atoms with E-state index < -0.39 is 6.10 Å². The lowest BCUT2D eigenvalue weighted by Crippen LogP contribution is -2.58. The smallest absolute Gasteiger partial charge is 0.322 e. The Balaban J connectivity index is 1.40. The number of nitrogens with one attached hydrogen (secondary N) is 1. The van der Waals surface area contributed by atoms with E-state index in [1.807, 2.05) is 4.90 Å². The molecule has 0 bridgehead atoms. The van der Waals surface area contributed by atoms with E-state index in [2.05, 4.69) is 5.32 Å². The summed E-state index contributed by atoms with van der Waals surface area (Å²) < 4.78 is 11.9. The number of carbonyl (C=O) groups excluding carboxylic acids is 2. The number of amides is 3. The van der Waals surface area contributed by atoms with Crippen LogP contribution in [0.15, 0.2) is 24.3 Å². The number of β-amino-alcohol motifs (C(OH)–C–C–N with tert-alkyl or cyclic N) is 1. The van der Waals surface area contributed by atoms with Gasteiger partial charge in [0.1, 0.15) is 6.10 Å². The van der Waals surface area contributed by atoms with Gasteiger partial charge >= 0.3 is 6.03 Å². The molecule has 3 aliphatic rings. The molecule has 3 fully saturated rings. The molecule has 176 valence electrons. The molecule has 8 nitrogen and oxygen atoms in total. The number of aliphatic hydroxyl groups excluding tert-OH is 1. The zero-order valence-electron chi connectivity index (χ0n) is 18.2. The fourth-order valence-corrected chi connectivity index (χ4v) is 4.90. The van der Waals surface area contributed by atoms with Crippen molar-refractivity contribution in [2.24, 2.45) is 0 Å². The molecular formula is C23H32ClN3O5. The van der Waals surface area contributed by atoms with Crippen molar-refractivity contribution in [1.82, 2.24) is 9.80 Å². The van der Waals surface area contributed by atoms with Crippen LogP contribution in [0.25, 0.3) is 0 Å². The minimum absolute atomic E-state index is 0.134. The number of piperidine rings is 1. The second kappa shape index (κ2) is 10.8. The summed E-state index contributed by atoms with van der Waals surface area (Å²) in [6, 6.07) is 6.36. The van der Waals surface area contributed by atoms with Gasteiger partial charge in [-0.2, -0.15) is 0 Å². The number of benzene rings is 1. The van der Waals surface area contributed by atoms with Crippen LogP contribution < -0.4 is 5.32 Å². The molecule has 0 aliphatic carbocycles. The van der Waals surface area contributed by atoms with E-state index in [0.29, 0.717) is 30.0 Å². The van der Waals surface area contributed by atoms with E-state index in [4.69, 9.17) is 21.1 Å². The average molecular weight is 466 g/mol. The van der Waals surface area contributed by atoms with Crippen LogP contribution in [0.1, 0.15) is 38.5 Å². The highest BCUT2D eigenvalue weighted by Crippen LogP contribution is 2.29. The number of rotatable bonds is 3. The molecule has 0 radical (unpaired) electrons. The maximum absolute atomic E-state index is 13.1. The molecule has 0 spiro atoms. The van der Waals surface area contributed by atoms with Crippen LogP contribution in [0, 0.1) is 0 Å². The Bertz CT molecular complexity index is 786. The molecule has 3 saturated heterocycles. The number of fused-ring (bicyclic) bond motifs is 1. The van der Waals surface area contributed by atoms with Crippen LogP contribution >= 0.6 is 11.6 Å². The van der Waals surface area contributed by atoms with Gasteiger partial charge in [-0.3, -0.25) is 4.79 Å². The lowest BCUT2D eigenvalue weighted by Gasteiger charge is -2.44. The summed E-state index contributed by atoms with van der Waals surface area (Å²) in [6.45, 7) is 2.23. The zero-order chi connectivity index (χ0) is 22.5. The van der Waals surface area contributed by atoms with E-state index in [0.717, 1.165) is 25.9 Å². The molecule has 3 aliphatic heterocycles. The molecule has 4 rings (SSSR count). The summed E-state index contributed by atoms with van der Waals surface area (Å²) in [7, 11) is 0. The third-order valence-electron chi connectivity index (χ3n) is 6.45. The second-order valence-electron chi connectivity index (χ2n) is 8.87. The summed E-state index contributed by atoms with van der Waals surface area (Å²) in [6.07, 6.45) is 3.75. The molecule has 9 heteroatoms. The molecule has 2 N–H and O–H groups in total. The van der Waals surface area contributed by atoms with Crippen molar-refractivity contribution in [2.75, 3.05) is 38.2 Å². The van der Waals surface area contributed by atoms with Crippen molar-refractivity contribution in [1.29, 1.82) is 0 Å². The number of aliphatic hydroxyl groups is 1. The first kappa shape index (κ1) is 23.3. The number of hydrogen-bond acceptors (Lipinski definition) is 5. The van der Waals surface area contributed by atoms with Crippen molar-refractivity contribution in [3.8, 4) is 0 Å². The zero-order valence-corrected chi connectivity index (χ0v) is 19.0. The maximum Gasteiger partial charge on any atom is 0.322 e. The van der Waals surface area contributed by atoms with E-state index >= 15 is 0 Å². The van der Waals surface area contributed by atoms with Gasteiger partial charge in [0, 0.05) is 23.8 Å². The number of hydrogen-bond donors (Lipinski definition) is 2. The molecule has 3 amide bonds. The number of likely N-dealkylation sites (tertiary alicyclic amines) is 1. The van der Waals surface area contributed by atoms with Crippen LogP contribution in [0.4, 0.5) is 10.5 Å². The fraction of sp³-hybridized carbons (Fsp3) is 0.652. The van der Waals surface area contributed by atoms with Crippen molar-refractivity contribution < 1.29 is 24.2 Å². The van der Waals surface area contributed by atoms with Crippen LogP contribution in [0.3, 0.4) is 0 Å². The summed E-state index contributed by atoms with van der Waals surface area (Å²) in [4.78, 5) is 29.4. The van der Waals surface area contributed by atoms with E-state index in [1.54, 1.807) is 29.2 Å². The van der Waals surface area contributed by atoms with Crippen molar-refractivity contribution in [2.45, 2.75) is 62.9 Å². The minimum atomic E-state index is -0.773. The molecule has 4 atom stereocenters. The molecule has 0 unspecified atom stereocenters. The van der Waals surface area contributed by atoms with Crippen molar-refractivity contribution in [3.63, 3.8) is 0 Å². The topological polar surface area (TPSA) is 91.3 Å². The monoisotopic (exact) mass is 465 g/mol. The van der Waals surface area contributed by atoms with Gasteiger partial charge in [-0.05, 0) is 56.4 Å². The quantitative estimate of drug-likeness (QED) is 0.716. The Hall–Kier alpha value is -1.87. The molecule has 1 aromatic carbocycles. The standard InChI is InChI=1S/C23H32ClN3O5/c24-16-4-6-17(7-5-16)25-23(30)27-13-18(28)14-31-15-21-20(27)9-8-19(32-21)12-22(29)26-10-2-1-3-11-26/h4-7,18-21,28H,1-3,8-15H2,(H,25,30)/t18-,19-,20+,21-/m0/s1.